The second-order valence-electron chi connectivity index (χ2n) is 3.58. The molecule has 0 aromatic rings. The van der Waals surface area contributed by atoms with Crippen molar-refractivity contribution in [1.29, 1.82) is 0 Å². The molecule has 0 amide bonds. The number of carbonyl (C=O) groups is 1. The van der Waals surface area contributed by atoms with Crippen molar-refractivity contribution in [3.05, 3.63) is 12.3 Å². The van der Waals surface area contributed by atoms with E-state index in [-0.39, 0.29) is 6.10 Å². The number of hydrogen-bond acceptors (Lipinski definition) is 3. The molecule has 1 aliphatic rings. The molecular formula is C10H17NO3. The lowest BCUT2D eigenvalue weighted by Gasteiger charge is -2.26. The largest absolute Gasteiger partial charge is 0.478 e. The molecule has 0 saturated carbocycles. The maximum Gasteiger partial charge on any atom is 0.329 e. The average Bonchev–Trinajstić information content (AvgIpc) is 2.16. The second-order valence-corrected chi connectivity index (χ2v) is 3.58. The van der Waals surface area contributed by atoms with E-state index in [2.05, 4.69) is 0 Å². The van der Waals surface area contributed by atoms with Gasteiger partial charge in [-0.3, -0.25) is 0 Å². The van der Waals surface area contributed by atoms with E-state index in [4.69, 9.17) is 9.84 Å². The molecule has 1 aliphatic heterocycles. The normalized spacial score (nSPS) is 22.5. The Bertz CT molecular complexity index is 209. The Kier molecular flexibility index (Phi) is 4.46. The van der Waals surface area contributed by atoms with Crippen LogP contribution in [0.3, 0.4) is 0 Å². The molecule has 1 saturated heterocycles. The maximum atomic E-state index is 10.3. The van der Waals surface area contributed by atoms with Gasteiger partial charge in [-0.25, -0.2) is 4.79 Å². The minimum absolute atomic E-state index is 0.257. The molecule has 4 heteroatoms. The summed E-state index contributed by atoms with van der Waals surface area (Å²) >= 11 is 0. The van der Waals surface area contributed by atoms with Gasteiger partial charge in [0.05, 0.1) is 6.10 Å². The van der Waals surface area contributed by atoms with E-state index in [0.717, 1.165) is 32.1 Å². The fourth-order valence-corrected chi connectivity index (χ4v) is 1.52. The van der Waals surface area contributed by atoms with Crippen LogP contribution in [0.1, 0.15) is 19.3 Å². The van der Waals surface area contributed by atoms with E-state index in [1.54, 1.807) is 6.20 Å². The minimum Gasteiger partial charge on any atom is -0.478 e. The number of nitrogens with zero attached hydrogens (tertiary/aromatic N) is 1. The number of carboxylic acid groups (broad SMARTS) is 1. The maximum absolute atomic E-state index is 10.3. The van der Waals surface area contributed by atoms with Crippen LogP contribution in [0.2, 0.25) is 0 Å². The molecule has 0 aliphatic carbocycles. The van der Waals surface area contributed by atoms with Gasteiger partial charge in [0.15, 0.2) is 0 Å². The van der Waals surface area contributed by atoms with Crippen LogP contribution < -0.4 is 0 Å². The van der Waals surface area contributed by atoms with E-state index in [0.29, 0.717) is 0 Å². The van der Waals surface area contributed by atoms with Crippen molar-refractivity contribution in [2.45, 2.75) is 25.4 Å². The van der Waals surface area contributed by atoms with Crippen molar-refractivity contribution in [3.8, 4) is 0 Å². The molecule has 80 valence electrons. The van der Waals surface area contributed by atoms with Crippen molar-refractivity contribution in [1.82, 2.24) is 4.90 Å². The lowest BCUT2D eigenvalue weighted by atomic mass is 10.1. The van der Waals surface area contributed by atoms with E-state index in [9.17, 15) is 4.79 Å². The van der Waals surface area contributed by atoms with Gasteiger partial charge in [-0.2, -0.15) is 0 Å². The smallest absolute Gasteiger partial charge is 0.329 e. The minimum atomic E-state index is -0.915. The first-order chi connectivity index (χ1) is 6.68. The highest BCUT2D eigenvalue weighted by molar-refractivity contribution is 5.79. The first-order valence-corrected chi connectivity index (χ1v) is 4.91. The molecule has 0 spiro atoms. The molecule has 0 radical (unpaired) electrons. The van der Waals surface area contributed by atoms with Crippen LogP contribution in [0, 0.1) is 0 Å². The van der Waals surface area contributed by atoms with Crippen molar-refractivity contribution < 1.29 is 14.6 Å². The number of carboxylic acids is 1. The van der Waals surface area contributed by atoms with E-state index in [1.807, 2.05) is 11.9 Å². The standard InChI is InChI=1S/C10H17NO3/c1-11(6-5-10(12)13)8-9-4-2-3-7-14-9/h5-6,9H,2-4,7-8H2,1H3,(H,12,13). The summed E-state index contributed by atoms with van der Waals surface area (Å²) < 4.78 is 5.53. The molecule has 1 heterocycles. The topological polar surface area (TPSA) is 49.8 Å². The van der Waals surface area contributed by atoms with Gasteiger partial charge < -0.3 is 14.7 Å². The molecule has 1 rings (SSSR count). The molecule has 4 nitrogen and oxygen atoms in total. The Morgan fingerprint density at radius 3 is 3.00 bits per heavy atom. The van der Waals surface area contributed by atoms with Crippen molar-refractivity contribution in [2.24, 2.45) is 0 Å². The number of hydrogen-bond donors (Lipinski definition) is 1. The number of rotatable bonds is 4. The van der Waals surface area contributed by atoms with Crippen molar-refractivity contribution in [2.75, 3.05) is 20.2 Å². The monoisotopic (exact) mass is 199 g/mol. The average molecular weight is 199 g/mol. The van der Waals surface area contributed by atoms with Gasteiger partial charge in [-0.05, 0) is 19.3 Å². The first kappa shape index (κ1) is 11.0. The zero-order valence-corrected chi connectivity index (χ0v) is 8.48. The fraction of sp³-hybridized carbons (Fsp3) is 0.700. The first-order valence-electron chi connectivity index (χ1n) is 4.91. The Balaban J connectivity index is 2.24. The third kappa shape index (κ3) is 4.28. The van der Waals surface area contributed by atoms with E-state index in [1.165, 1.54) is 6.42 Å². The Labute approximate surface area is 84.2 Å². The molecule has 1 fully saturated rings. The van der Waals surface area contributed by atoms with Crippen LogP contribution in [-0.4, -0.2) is 42.3 Å². The van der Waals surface area contributed by atoms with Crippen LogP contribution in [0.5, 0.6) is 0 Å². The summed E-state index contributed by atoms with van der Waals surface area (Å²) in [4.78, 5) is 12.1. The van der Waals surface area contributed by atoms with Gasteiger partial charge in [0.1, 0.15) is 0 Å². The van der Waals surface area contributed by atoms with Crippen LogP contribution >= 0.6 is 0 Å². The summed E-state index contributed by atoms with van der Waals surface area (Å²) in [5, 5.41) is 8.42. The highest BCUT2D eigenvalue weighted by Gasteiger charge is 2.14. The zero-order valence-electron chi connectivity index (χ0n) is 8.48. The molecule has 1 atom stereocenters. The number of likely N-dealkylation sites (N-methyl/N-ethyl adjacent to an activating group) is 1. The quantitative estimate of drug-likeness (QED) is 0.688. The second kappa shape index (κ2) is 5.65. The highest BCUT2D eigenvalue weighted by Crippen LogP contribution is 2.13. The Morgan fingerprint density at radius 2 is 2.43 bits per heavy atom. The van der Waals surface area contributed by atoms with Crippen molar-refractivity contribution >= 4 is 5.97 Å². The Hall–Kier alpha value is -1.03. The third-order valence-electron chi connectivity index (χ3n) is 2.24. The lowest BCUT2D eigenvalue weighted by molar-refractivity contribution is -0.131. The van der Waals surface area contributed by atoms with Gasteiger partial charge >= 0.3 is 5.97 Å². The molecule has 1 unspecified atom stereocenters. The summed E-state index contributed by atoms with van der Waals surface area (Å²) in [7, 11) is 1.86. The van der Waals surface area contributed by atoms with Crippen LogP contribution in [0.25, 0.3) is 0 Å². The van der Waals surface area contributed by atoms with Gasteiger partial charge in [0.25, 0.3) is 0 Å². The van der Waals surface area contributed by atoms with E-state index < -0.39 is 5.97 Å². The Morgan fingerprint density at radius 1 is 1.64 bits per heavy atom. The summed E-state index contributed by atoms with van der Waals surface area (Å²) in [6.45, 7) is 1.60. The summed E-state index contributed by atoms with van der Waals surface area (Å²) in [6, 6.07) is 0. The lowest BCUT2D eigenvalue weighted by Crippen LogP contribution is -2.30. The number of ether oxygens (including phenoxy) is 1. The van der Waals surface area contributed by atoms with Crippen LogP contribution in [0.4, 0.5) is 0 Å². The summed E-state index contributed by atoms with van der Waals surface area (Å²) in [6.07, 6.45) is 6.40. The zero-order chi connectivity index (χ0) is 10.4. The summed E-state index contributed by atoms with van der Waals surface area (Å²) in [5.41, 5.74) is 0. The SMILES string of the molecule is CN(C=CC(=O)O)CC1CCCCO1. The fourth-order valence-electron chi connectivity index (χ4n) is 1.52. The van der Waals surface area contributed by atoms with Gasteiger partial charge in [0, 0.05) is 32.5 Å². The van der Waals surface area contributed by atoms with Crippen molar-refractivity contribution in [3.63, 3.8) is 0 Å². The molecule has 1 N–H and O–H groups in total. The van der Waals surface area contributed by atoms with Crippen LogP contribution in [-0.2, 0) is 9.53 Å². The van der Waals surface area contributed by atoms with Crippen LogP contribution in [0.15, 0.2) is 12.3 Å². The third-order valence-corrected chi connectivity index (χ3v) is 2.24. The number of aliphatic carboxylic acids is 1. The van der Waals surface area contributed by atoms with Gasteiger partial charge in [-0.1, -0.05) is 0 Å². The molecule has 14 heavy (non-hydrogen) atoms. The molecule has 0 bridgehead atoms. The van der Waals surface area contributed by atoms with E-state index >= 15 is 0 Å². The van der Waals surface area contributed by atoms with Gasteiger partial charge in [0.2, 0.25) is 0 Å². The highest BCUT2D eigenvalue weighted by atomic mass is 16.5. The molecular weight excluding hydrogens is 182 g/mol. The molecule has 0 aromatic heterocycles. The predicted octanol–water partition coefficient (Wildman–Crippen LogP) is 1.09. The van der Waals surface area contributed by atoms with Gasteiger partial charge in [-0.15, -0.1) is 0 Å². The summed E-state index contributed by atoms with van der Waals surface area (Å²) in [5.74, 6) is -0.915. The molecule has 0 aromatic carbocycles. The predicted molar refractivity (Wildman–Crippen MR) is 53.0 cm³/mol.